The minimum Gasteiger partial charge on any atom is -0.329 e. The Morgan fingerprint density at radius 1 is 1.10 bits per heavy atom. The fourth-order valence-electron chi connectivity index (χ4n) is 4.26. The smallest absolute Gasteiger partial charge is 0.329 e. The van der Waals surface area contributed by atoms with Crippen molar-refractivity contribution in [3.05, 3.63) is 35.4 Å². The third-order valence-electron chi connectivity index (χ3n) is 5.33. The normalized spacial score (nSPS) is 31.8. The maximum absolute atomic E-state index is 12.7. The van der Waals surface area contributed by atoms with E-state index in [0.717, 1.165) is 25.7 Å². The van der Waals surface area contributed by atoms with Crippen molar-refractivity contribution >= 4 is 0 Å². The summed E-state index contributed by atoms with van der Waals surface area (Å²) in [7, 11) is 0. The van der Waals surface area contributed by atoms with Gasteiger partial charge in [0.25, 0.3) is 0 Å². The van der Waals surface area contributed by atoms with E-state index in [1.54, 1.807) is 0 Å². The molecule has 2 atom stereocenters. The molecule has 116 valence electrons. The molecule has 0 heterocycles. The highest BCUT2D eigenvalue weighted by Gasteiger charge is 2.51. The van der Waals surface area contributed by atoms with Gasteiger partial charge < -0.3 is 11.1 Å². The summed E-state index contributed by atoms with van der Waals surface area (Å²) in [5.41, 5.74) is 7.94. The lowest BCUT2D eigenvalue weighted by Crippen LogP contribution is -2.60. The van der Waals surface area contributed by atoms with E-state index in [9.17, 15) is 13.2 Å². The lowest BCUT2D eigenvalue weighted by molar-refractivity contribution is -0.130. The van der Waals surface area contributed by atoms with Crippen molar-refractivity contribution in [1.82, 2.24) is 5.32 Å². The Balaban J connectivity index is 1.89. The predicted molar refractivity (Wildman–Crippen MR) is 75.9 cm³/mol. The number of rotatable bonds is 3. The number of hydrogen-bond acceptors (Lipinski definition) is 2. The van der Waals surface area contributed by atoms with Crippen LogP contribution in [0.1, 0.15) is 24.0 Å². The molecule has 3 N–H and O–H groups in total. The molecule has 2 aliphatic rings. The van der Waals surface area contributed by atoms with Gasteiger partial charge in [0.15, 0.2) is 0 Å². The van der Waals surface area contributed by atoms with Crippen LogP contribution in [-0.4, -0.2) is 24.8 Å². The molecule has 2 unspecified atom stereocenters. The van der Waals surface area contributed by atoms with Gasteiger partial charge in [-0.25, -0.2) is 0 Å². The van der Waals surface area contributed by atoms with E-state index in [-0.39, 0.29) is 18.4 Å². The maximum Gasteiger partial charge on any atom is 0.401 e. The van der Waals surface area contributed by atoms with Gasteiger partial charge >= 0.3 is 6.18 Å². The van der Waals surface area contributed by atoms with Crippen molar-refractivity contribution in [2.75, 3.05) is 13.1 Å². The summed E-state index contributed by atoms with van der Waals surface area (Å²) in [6.45, 7) is -0.681. The summed E-state index contributed by atoms with van der Waals surface area (Å²) in [5.74, 6) is 0.386. The van der Waals surface area contributed by atoms with Crippen LogP contribution >= 0.6 is 0 Å². The van der Waals surface area contributed by atoms with Crippen molar-refractivity contribution < 1.29 is 13.2 Å². The second kappa shape index (κ2) is 5.29. The Morgan fingerprint density at radius 3 is 2.05 bits per heavy atom. The first-order valence-corrected chi connectivity index (χ1v) is 7.53. The highest BCUT2D eigenvalue weighted by atomic mass is 19.4. The number of fused-ring (bicyclic) bond motifs is 3. The largest absolute Gasteiger partial charge is 0.401 e. The summed E-state index contributed by atoms with van der Waals surface area (Å²) in [6.07, 6.45) is -0.619. The van der Waals surface area contributed by atoms with E-state index in [2.05, 4.69) is 17.4 Å². The standard InChI is InChI=1S/C16H21F3N2/c17-16(18,19)10-21-15(9-20)13-5-6-14(15)8-12-4-2-1-3-11(12)7-13/h1-4,13-14,21H,5-10,20H2. The highest BCUT2D eigenvalue weighted by Crippen LogP contribution is 2.47. The molecule has 0 radical (unpaired) electrons. The molecule has 2 aliphatic carbocycles. The van der Waals surface area contributed by atoms with Gasteiger partial charge in [-0.05, 0) is 48.6 Å². The van der Waals surface area contributed by atoms with Crippen molar-refractivity contribution in [3.63, 3.8) is 0 Å². The first kappa shape index (κ1) is 14.9. The molecule has 2 bridgehead atoms. The van der Waals surface area contributed by atoms with E-state index < -0.39 is 18.3 Å². The zero-order valence-electron chi connectivity index (χ0n) is 11.9. The average molecular weight is 298 g/mol. The molecule has 3 rings (SSSR count). The van der Waals surface area contributed by atoms with E-state index >= 15 is 0 Å². The first-order chi connectivity index (χ1) is 9.94. The topological polar surface area (TPSA) is 38.0 Å². The molecule has 0 aromatic heterocycles. The molecule has 1 fully saturated rings. The highest BCUT2D eigenvalue weighted by molar-refractivity contribution is 5.32. The number of hydrogen-bond donors (Lipinski definition) is 2. The average Bonchev–Trinajstić information content (AvgIpc) is 2.67. The fraction of sp³-hybridized carbons (Fsp3) is 0.625. The molecule has 5 heteroatoms. The van der Waals surface area contributed by atoms with Crippen LogP contribution in [0.5, 0.6) is 0 Å². The Morgan fingerprint density at radius 2 is 1.62 bits per heavy atom. The van der Waals surface area contributed by atoms with Crippen LogP contribution in [-0.2, 0) is 12.8 Å². The van der Waals surface area contributed by atoms with E-state index in [4.69, 9.17) is 5.73 Å². The minimum absolute atomic E-state index is 0.193. The van der Waals surface area contributed by atoms with Gasteiger partial charge in [-0.1, -0.05) is 24.3 Å². The summed E-state index contributed by atoms with van der Waals surface area (Å²) < 4.78 is 38.0. The first-order valence-electron chi connectivity index (χ1n) is 7.53. The fourth-order valence-corrected chi connectivity index (χ4v) is 4.26. The third kappa shape index (κ3) is 2.69. The summed E-state index contributed by atoms with van der Waals surface area (Å²) in [6, 6.07) is 8.21. The molecule has 0 spiro atoms. The summed E-state index contributed by atoms with van der Waals surface area (Å²) in [5, 5.41) is 2.81. The quantitative estimate of drug-likeness (QED) is 0.900. The van der Waals surface area contributed by atoms with Crippen LogP contribution in [0.15, 0.2) is 24.3 Å². The molecule has 1 aromatic carbocycles. The third-order valence-corrected chi connectivity index (χ3v) is 5.33. The van der Waals surface area contributed by atoms with Crippen molar-refractivity contribution in [2.45, 2.75) is 37.4 Å². The molecular weight excluding hydrogens is 277 g/mol. The minimum atomic E-state index is -4.19. The predicted octanol–water partition coefficient (Wildman–Crippen LogP) is 2.66. The molecule has 0 aliphatic heterocycles. The van der Waals surface area contributed by atoms with Gasteiger partial charge in [0, 0.05) is 12.1 Å². The molecule has 21 heavy (non-hydrogen) atoms. The summed E-state index contributed by atoms with van der Waals surface area (Å²) >= 11 is 0. The zero-order chi connectivity index (χ0) is 15.1. The van der Waals surface area contributed by atoms with Crippen LogP contribution in [0.25, 0.3) is 0 Å². The second-order valence-electron chi connectivity index (χ2n) is 6.36. The van der Waals surface area contributed by atoms with Gasteiger partial charge in [0.2, 0.25) is 0 Å². The number of nitrogens with one attached hydrogen (secondary N) is 1. The number of halogens is 3. The molecule has 1 aromatic rings. The van der Waals surface area contributed by atoms with Gasteiger partial charge in [-0.2, -0.15) is 13.2 Å². The molecule has 1 saturated carbocycles. The van der Waals surface area contributed by atoms with E-state index in [1.807, 2.05) is 12.1 Å². The Hall–Kier alpha value is -1.07. The van der Waals surface area contributed by atoms with Crippen LogP contribution in [0.4, 0.5) is 13.2 Å². The Labute approximate surface area is 122 Å². The van der Waals surface area contributed by atoms with Gasteiger partial charge in [-0.3, -0.25) is 0 Å². The second-order valence-corrected chi connectivity index (χ2v) is 6.36. The van der Waals surface area contributed by atoms with Crippen molar-refractivity contribution in [1.29, 1.82) is 0 Å². The van der Waals surface area contributed by atoms with Gasteiger partial charge in [0.05, 0.1) is 6.54 Å². The Bertz CT molecular complexity index is 479. The lowest BCUT2D eigenvalue weighted by Gasteiger charge is -2.39. The molecule has 2 nitrogen and oxygen atoms in total. The number of benzene rings is 1. The molecular formula is C16H21F3N2. The lowest BCUT2D eigenvalue weighted by atomic mass is 9.78. The number of nitrogens with two attached hydrogens (primary N) is 1. The Kier molecular flexibility index (Phi) is 3.74. The molecule has 0 amide bonds. The number of alkyl halides is 3. The zero-order valence-corrected chi connectivity index (χ0v) is 11.9. The van der Waals surface area contributed by atoms with Crippen molar-refractivity contribution in [2.24, 2.45) is 17.6 Å². The monoisotopic (exact) mass is 298 g/mol. The molecule has 0 saturated heterocycles. The van der Waals surface area contributed by atoms with Crippen LogP contribution in [0, 0.1) is 11.8 Å². The van der Waals surface area contributed by atoms with Crippen molar-refractivity contribution in [3.8, 4) is 0 Å². The van der Waals surface area contributed by atoms with Gasteiger partial charge in [0.1, 0.15) is 0 Å². The van der Waals surface area contributed by atoms with Gasteiger partial charge in [-0.15, -0.1) is 0 Å². The van der Waals surface area contributed by atoms with E-state index in [0.29, 0.717) is 0 Å². The SMILES string of the molecule is NCC1(NCC(F)(F)F)C2CCC1Cc1ccccc1C2. The van der Waals surface area contributed by atoms with Crippen LogP contribution in [0.2, 0.25) is 0 Å². The maximum atomic E-state index is 12.7. The van der Waals surface area contributed by atoms with Crippen LogP contribution < -0.4 is 11.1 Å². The summed E-state index contributed by atoms with van der Waals surface area (Å²) in [4.78, 5) is 0. The van der Waals surface area contributed by atoms with E-state index in [1.165, 1.54) is 11.1 Å². The van der Waals surface area contributed by atoms with Crippen LogP contribution in [0.3, 0.4) is 0 Å².